The molecule has 0 amide bonds. The van der Waals surface area contributed by atoms with Crippen LogP contribution in [0.15, 0.2) is 34.9 Å². The lowest BCUT2D eigenvalue weighted by molar-refractivity contribution is -0.208. The Kier molecular flexibility index (Phi) is 16.6. The van der Waals surface area contributed by atoms with E-state index in [2.05, 4.69) is 47.3 Å². The van der Waals surface area contributed by atoms with E-state index in [-0.39, 0.29) is 24.9 Å². The van der Waals surface area contributed by atoms with Crippen molar-refractivity contribution in [2.24, 2.45) is 51.4 Å². The Labute approximate surface area is 339 Å². The zero-order valence-electron chi connectivity index (χ0n) is 34.6. The molecule has 336 valence electrons. The van der Waals surface area contributed by atoms with Gasteiger partial charge in [-0.3, -0.25) is 14.4 Å². The molecule has 4 aliphatic carbocycles. The maximum absolute atomic E-state index is 12.7. The molecule has 1 fully saturated rings. The van der Waals surface area contributed by atoms with Crippen molar-refractivity contribution in [3.8, 4) is 0 Å². The fourth-order valence-electron chi connectivity index (χ4n) is 9.75. The van der Waals surface area contributed by atoms with Crippen LogP contribution in [0, 0.1) is 39.9 Å². The Bertz CT molecular complexity index is 1650. The number of hydrogen-bond donors (Lipinski definition) is 5. The number of fused-ring (bicyclic) bond motifs is 4. The summed E-state index contributed by atoms with van der Waals surface area (Å²) in [5.41, 5.74) is 13.8. The zero-order valence-corrected chi connectivity index (χ0v) is 34.6. The van der Waals surface area contributed by atoms with Gasteiger partial charge in [-0.2, -0.15) is 26.3 Å². The van der Waals surface area contributed by atoms with Crippen molar-refractivity contribution in [2.45, 2.75) is 131 Å². The van der Waals surface area contributed by atoms with Crippen molar-refractivity contribution in [1.29, 1.82) is 0 Å². The number of aliphatic carboxylic acids is 2. The summed E-state index contributed by atoms with van der Waals surface area (Å²) in [6, 6.07) is 0. The van der Waals surface area contributed by atoms with Crippen molar-refractivity contribution in [1.82, 2.24) is 0 Å². The molecule has 0 aromatic heterocycles. The molecule has 0 aromatic rings. The number of hydrogen-bond acceptors (Lipinski definition) is 11. The number of aliphatic hydroxyl groups is 1. The van der Waals surface area contributed by atoms with Crippen LogP contribution in [-0.4, -0.2) is 95.0 Å². The van der Waals surface area contributed by atoms with Gasteiger partial charge in [0, 0.05) is 17.8 Å². The molecule has 0 saturated heterocycles. The summed E-state index contributed by atoms with van der Waals surface area (Å²) >= 11 is 0. The highest BCUT2D eigenvalue weighted by Crippen LogP contribution is 2.67. The number of carboxylic acids is 2. The first-order valence-corrected chi connectivity index (χ1v) is 19.2. The topological polar surface area (TPSA) is 226 Å². The van der Waals surface area contributed by atoms with E-state index in [9.17, 15) is 45.8 Å². The van der Waals surface area contributed by atoms with Crippen LogP contribution in [0.2, 0.25) is 0 Å². The maximum atomic E-state index is 12.7. The molecule has 0 aromatic carbocycles. The number of halogens is 6. The normalized spacial score (nSPS) is 30.0. The molecule has 0 bridgehead atoms. The van der Waals surface area contributed by atoms with Crippen molar-refractivity contribution < 1.29 is 79.8 Å². The van der Waals surface area contributed by atoms with Crippen LogP contribution in [0.3, 0.4) is 0 Å². The van der Waals surface area contributed by atoms with Gasteiger partial charge < -0.3 is 41.0 Å². The lowest BCUT2D eigenvalue weighted by atomic mass is 9.45. The van der Waals surface area contributed by atoms with Crippen molar-refractivity contribution in [2.75, 3.05) is 13.1 Å². The fourth-order valence-corrected chi connectivity index (χ4v) is 9.75. The first kappa shape index (κ1) is 51.2. The molecular weight excluding hydrogens is 798 g/mol. The summed E-state index contributed by atoms with van der Waals surface area (Å²) in [7, 11) is 0. The summed E-state index contributed by atoms with van der Waals surface area (Å²) < 4.78 is 81.3. The molecule has 4 aliphatic rings. The monoisotopic (exact) mass is 856 g/mol. The van der Waals surface area contributed by atoms with Crippen LogP contribution in [0.4, 0.5) is 26.3 Å². The van der Waals surface area contributed by atoms with Crippen LogP contribution in [-0.2, 0) is 38.2 Å². The van der Waals surface area contributed by atoms with Gasteiger partial charge in [0.25, 0.3) is 0 Å². The van der Waals surface area contributed by atoms with Gasteiger partial charge >= 0.3 is 42.2 Å². The zero-order chi connectivity index (χ0) is 45.8. The Morgan fingerprint density at radius 3 is 1.81 bits per heavy atom. The highest BCUT2D eigenvalue weighted by Gasteiger charge is 2.66. The average Bonchev–Trinajstić information content (AvgIpc) is 3.47. The van der Waals surface area contributed by atoms with Gasteiger partial charge in [-0.15, -0.1) is 0 Å². The lowest BCUT2D eigenvalue weighted by Gasteiger charge is -2.62. The Hall–Kier alpha value is -3.97. The van der Waals surface area contributed by atoms with Gasteiger partial charge in [0.15, 0.2) is 0 Å². The first-order valence-electron chi connectivity index (χ1n) is 19.2. The number of carbonyl (C=O) groups is 5. The first-order chi connectivity index (χ1) is 26.8. The second-order valence-corrected chi connectivity index (χ2v) is 16.9. The van der Waals surface area contributed by atoms with Crippen LogP contribution < -0.4 is 11.5 Å². The number of carbonyl (C=O) groups excluding carboxylic acids is 3. The Balaban J connectivity index is 0.000000732. The van der Waals surface area contributed by atoms with Crippen molar-refractivity contribution >= 4 is 29.8 Å². The number of alkyl halides is 6. The minimum Gasteiger partial charge on any atom is -0.475 e. The summed E-state index contributed by atoms with van der Waals surface area (Å²) in [5.74, 6) is -6.25. The smallest absolute Gasteiger partial charge is 0.475 e. The van der Waals surface area contributed by atoms with Crippen molar-refractivity contribution in [3.63, 3.8) is 0 Å². The van der Waals surface area contributed by atoms with Gasteiger partial charge in [-0.25, -0.2) is 9.59 Å². The SMILES string of the molecule is C=C(CC[C@@H](C)[C@H]1CC=C2C3=C([C@@H](O)[C@H](OC(C)=O)[C@@]21C)[C@@]1(C)C[C@@H](OC(=O)CN)[C@H](OC(=O)CN)C(C)(C)[C@@H]1CC3)C(C)C.O=C(O)C(F)(F)F.O=C(O)C(F)(F)F. The van der Waals surface area contributed by atoms with Crippen LogP contribution in [0.1, 0.15) is 93.9 Å². The summed E-state index contributed by atoms with van der Waals surface area (Å²) in [4.78, 5) is 55.5. The fraction of sp³-hybridized carbons (Fsp3) is 0.725. The van der Waals surface area contributed by atoms with E-state index >= 15 is 0 Å². The molecule has 7 N–H and O–H groups in total. The molecule has 0 radical (unpaired) electrons. The summed E-state index contributed by atoms with van der Waals surface area (Å²) in [6.45, 7) is 20.0. The van der Waals surface area contributed by atoms with E-state index in [0.29, 0.717) is 18.3 Å². The van der Waals surface area contributed by atoms with Crippen LogP contribution in [0.25, 0.3) is 0 Å². The molecule has 4 rings (SSSR count). The molecule has 19 heteroatoms. The molecule has 0 heterocycles. The van der Waals surface area contributed by atoms with E-state index in [1.165, 1.54) is 18.1 Å². The predicted octanol–water partition coefficient (Wildman–Crippen LogP) is 6.02. The third kappa shape index (κ3) is 11.2. The number of allylic oxidation sites excluding steroid dienone is 3. The predicted molar refractivity (Wildman–Crippen MR) is 200 cm³/mol. The van der Waals surface area contributed by atoms with Crippen LogP contribution >= 0.6 is 0 Å². The van der Waals surface area contributed by atoms with E-state index in [1.807, 2.05) is 13.8 Å². The molecule has 59 heavy (non-hydrogen) atoms. The minimum atomic E-state index is -5.08. The highest BCUT2D eigenvalue weighted by atomic mass is 19.4. The lowest BCUT2D eigenvalue weighted by Crippen LogP contribution is -2.64. The highest BCUT2D eigenvalue weighted by molar-refractivity contribution is 5.74. The largest absolute Gasteiger partial charge is 0.490 e. The molecule has 1 saturated carbocycles. The molecule has 0 unspecified atom stereocenters. The molecule has 9 atom stereocenters. The second kappa shape index (κ2) is 19.2. The Morgan fingerprint density at radius 2 is 1.37 bits per heavy atom. The number of carboxylic acid groups (broad SMARTS) is 2. The summed E-state index contributed by atoms with van der Waals surface area (Å²) in [6.07, 6.45) is -6.64. The van der Waals surface area contributed by atoms with Gasteiger partial charge in [0.1, 0.15) is 24.4 Å². The van der Waals surface area contributed by atoms with Gasteiger partial charge in [-0.05, 0) is 84.3 Å². The number of rotatable bonds is 10. The third-order valence-corrected chi connectivity index (χ3v) is 12.5. The number of aliphatic hydroxyl groups excluding tert-OH is 1. The molecule has 13 nitrogen and oxygen atoms in total. The number of nitrogens with two attached hydrogens (primary N) is 2. The van der Waals surface area contributed by atoms with E-state index < -0.39 is 82.9 Å². The minimum absolute atomic E-state index is 0.0390. The second-order valence-electron chi connectivity index (χ2n) is 16.9. The molecule has 0 spiro atoms. The number of ether oxygens (including phenoxy) is 3. The van der Waals surface area contributed by atoms with E-state index in [1.54, 1.807) is 0 Å². The van der Waals surface area contributed by atoms with E-state index in [0.717, 1.165) is 43.3 Å². The average molecular weight is 857 g/mol. The standard InChI is InChI=1S/C36H56N2O7.2C2HF3O2/c1-19(2)20(3)10-11-21(4)24-13-14-25-23-12-15-27-34(6,7)32(45-29(41)18-38)26(44-28(40)17-37)16-35(27,8)30(23)31(42)33(36(24,25)9)43-22(5)39;2*3-2(4,5)1(6)7/h14,19,21,24,26-27,31-33,42H,3,10-13,15-18,37-38H2,1-2,4-9H3;2*(H,6,7)/t21-,24-,26-,27+,31-,32+,33+,35+,36-;;/m1../s1. The maximum Gasteiger partial charge on any atom is 0.490 e. The van der Waals surface area contributed by atoms with Gasteiger partial charge in [0.2, 0.25) is 0 Å². The van der Waals surface area contributed by atoms with Gasteiger partial charge in [-0.1, -0.05) is 66.7 Å². The molecular formula is C40H58F6N2O11. The quantitative estimate of drug-likeness (QED) is 0.0734. The van der Waals surface area contributed by atoms with Crippen molar-refractivity contribution in [3.05, 3.63) is 34.9 Å². The number of esters is 3. The van der Waals surface area contributed by atoms with Gasteiger partial charge in [0.05, 0.1) is 13.1 Å². The summed E-state index contributed by atoms with van der Waals surface area (Å²) in [5, 5.41) is 26.7. The Morgan fingerprint density at radius 1 is 0.881 bits per heavy atom. The van der Waals surface area contributed by atoms with E-state index in [4.69, 9.17) is 45.5 Å². The third-order valence-electron chi connectivity index (χ3n) is 12.5. The van der Waals surface area contributed by atoms with Crippen LogP contribution in [0.5, 0.6) is 0 Å². The molecule has 0 aliphatic heterocycles.